The van der Waals surface area contributed by atoms with E-state index in [0.29, 0.717) is 22.5 Å². The third kappa shape index (κ3) is 2.04. The van der Waals surface area contributed by atoms with E-state index in [-0.39, 0.29) is 6.10 Å². The molecule has 4 fully saturated rings. The Bertz CT molecular complexity index is 478. The van der Waals surface area contributed by atoms with E-state index >= 15 is 0 Å². The second-order valence-corrected chi connectivity index (χ2v) is 9.29. The fourth-order valence-corrected chi connectivity index (χ4v) is 7.14. The van der Waals surface area contributed by atoms with Crippen LogP contribution in [0.5, 0.6) is 0 Å². The first kappa shape index (κ1) is 15.1. The Morgan fingerprint density at radius 2 is 1.95 bits per heavy atom. The summed E-state index contributed by atoms with van der Waals surface area (Å²) in [6.45, 7) is 4.99. The smallest absolute Gasteiger partial charge is 0.133 e. The lowest BCUT2D eigenvalue weighted by atomic mass is 9.45. The summed E-state index contributed by atoms with van der Waals surface area (Å²) in [5, 5.41) is 0. The highest BCUT2D eigenvalue weighted by Gasteiger charge is 2.59. The SMILES string of the molecule is CC12CCC3C(CCC4CC(=O)CCC43C)C1CC(ON)C2. The second-order valence-electron chi connectivity index (χ2n) is 9.29. The molecule has 2 N–H and O–H groups in total. The molecular formula is C19H31NO2. The summed E-state index contributed by atoms with van der Waals surface area (Å²) < 4.78 is 0. The zero-order valence-electron chi connectivity index (χ0n) is 14.1. The molecule has 4 rings (SSSR count). The van der Waals surface area contributed by atoms with E-state index in [4.69, 9.17) is 10.7 Å². The van der Waals surface area contributed by atoms with Crippen molar-refractivity contribution in [2.75, 3.05) is 0 Å². The Balaban J connectivity index is 1.61. The first-order valence-corrected chi connectivity index (χ1v) is 9.33. The number of hydrogen-bond donors (Lipinski definition) is 1. The van der Waals surface area contributed by atoms with Crippen LogP contribution in [0.2, 0.25) is 0 Å². The Morgan fingerprint density at radius 3 is 2.73 bits per heavy atom. The second kappa shape index (κ2) is 5.04. The molecule has 0 heterocycles. The number of ketones is 1. The summed E-state index contributed by atoms with van der Waals surface area (Å²) in [7, 11) is 0. The molecule has 0 aliphatic heterocycles. The summed E-state index contributed by atoms with van der Waals surface area (Å²) in [5.74, 6) is 9.15. The van der Waals surface area contributed by atoms with E-state index in [0.717, 1.165) is 49.9 Å². The van der Waals surface area contributed by atoms with Crippen molar-refractivity contribution in [2.45, 2.75) is 77.7 Å². The molecule has 22 heavy (non-hydrogen) atoms. The van der Waals surface area contributed by atoms with Gasteiger partial charge in [-0.15, -0.1) is 0 Å². The van der Waals surface area contributed by atoms with Crippen molar-refractivity contribution in [2.24, 2.45) is 40.4 Å². The third-order valence-electron chi connectivity index (χ3n) is 8.40. The van der Waals surface area contributed by atoms with Gasteiger partial charge in [0, 0.05) is 12.8 Å². The van der Waals surface area contributed by atoms with Crippen LogP contribution in [0.25, 0.3) is 0 Å². The van der Waals surface area contributed by atoms with Crippen molar-refractivity contribution < 1.29 is 9.63 Å². The summed E-state index contributed by atoms with van der Waals surface area (Å²) in [6.07, 6.45) is 10.7. The van der Waals surface area contributed by atoms with Crippen LogP contribution in [-0.2, 0) is 9.63 Å². The van der Waals surface area contributed by atoms with Gasteiger partial charge >= 0.3 is 0 Å². The van der Waals surface area contributed by atoms with Crippen molar-refractivity contribution in [3.05, 3.63) is 0 Å². The minimum atomic E-state index is 0.271. The molecule has 0 saturated heterocycles. The van der Waals surface area contributed by atoms with Crippen molar-refractivity contribution in [3.8, 4) is 0 Å². The van der Waals surface area contributed by atoms with Gasteiger partial charge in [0.05, 0.1) is 6.10 Å². The van der Waals surface area contributed by atoms with Gasteiger partial charge < -0.3 is 4.84 Å². The Hall–Kier alpha value is -0.410. The molecule has 7 atom stereocenters. The number of fused-ring (bicyclic) bond motifs is 5. The van der Waals surface area contributed by atoms with Gasteiger partial charge in [-0.3, -0.25) is 4.79 Å². The molecule has 0 spiro atoms. The molecule has 3 heteroatoms. The van der Waals surface area contributed by atoms with E-state index < -0.39 is 0 Å². The quantitative estimate of drug-likeness (QED) is 0.748. The molecule has 4 aliphatic rings. The summed E-state index contributed by atoms with van der Waals surface area (Å²) in [4.78, 5) is 17.2. The summed E-state index contributed by atoms with van der Waals surface area (Å²) >= 11 is 0. The molecule has 0 radical (unpaired) electrons. The zero-order chi connectivity index (χ0) is 15.5. The number of rotatable bonds is 1. The molecule has 0 aromatic rings. The standard InChI is InChI=1S/C19H31NO2/c1-18-7-6-16-15(17(18)10-14(11-18)22-20)4-3-12-9-13(21)5-8-19(12,16)2/h12,14-17H,3-11,20H2,1-2H3. The van der Waals surface area contributed by atoms with Crippen molar-refractivity contribution in [1.29, 1.82) is 0 Å². The van der Waals surface area contributed by atoms with Crippen LogP contribution in [0.3, 0.4) is 0 Å². The lowest BCUT2D eigenvalue weighted by molar-refractivity contribution is -0.137. The molecule has 4 saturated carbocycles. The largest absolute Gasteiger partial charge is 0.301 e. The molecule has 0 aromatic heterocycles. The van der Waals surface area contributed by atoms with E-state index in [1.807, 2.05) is 0 Å². The molecule has 7 unspecified atom stereocenters. The number of nitrogens with two attached hydrogens (primary N) is 1. The topological polar surface area (TPSA) is 52.3 Å². The first-order chi connectivity index (χ1) is 10.5. The Labute approximate surface area is 134 Å². The lowest BCUT2D eigenvalue weighted by Crippen LogP contribution is -2.52. The van der Waals surface area contributed by atoms with E-state index in [1.165, 1.54) is 25.7 Å². The van der Waals surface area contributed by atoms with Crippen molar-refractivity contribution in [1.82, 2.24) is 0 Å². The van der Waals surface area contributed by atoms with Gasteiger partial charge in [0.15, 0.2) is 0 Å². The van der Waals surface area contributed by atoms with Gasteiger partial charge in [-0.25, -0.2) is 5.90 Å². The van der Waals surface area contributed by atoms with E-state index in [2.05, 4.69) is 13.8 Å². The molecule has 0 aromatic carbocycles. The predicted octanol–water partition coefficient (Wildman–Crippen LogP) is 3.86. The molecular weight excluding hydrogens is 274 g/mol. The van der Waals surface area contributed by atoms with Crippen molar-refractivity contribution >= 4 is 5.78 Å². The average Bonchev–Trinajstić information content (AvgIpc) is 2.85. The van der Waals surface area contributed by atoms with Crippen molar-refractivity contribution in [3.63, 3.8) is 0 Å². The average molecular weight is 305 g/mol. The van der Waals surface area contributed by atoms with Gasteiger partial charge in [0.2, 0.25) is 0 Å². The highest BCUT2D eigenvalue weighted by Crippen LogP contribution is 2.66. The maximum atomic E-state index is 11.9. The number of carbonyl (C=O) groups excluding carboxylic acids is 1. The zero-order valence-corrected chi connectivity index (χ0v) is 14.1. The number of hydrogen-bond acceptors (Lipinski definition) is 3. The van der Waals surface area contributed by atoms with Crippen LogP contribution >= 0.6 is 0 Å². The number of carbonyl (C=O) groups is 1. The van der Waals surface area contributed by atoms with Gasteiger partial charge in [-0.1, -0.05) is 13.8 Å². The summed E-state index contributed by atoms with van der Waals surface area (Å²) in [5.41, 5.74) is 0.860. The highest BCUT2D eigenvalue weighted by molar-refractivity contribution is 5.79. The molecule has 4 aliphatic carbocycles. The van der Waals surface area contributed by atoms with Crippen LogP contribution in [0, 0.1) is 34.5 Å². The van der Waals surface area contributed by atoms with Gasteiger partial charge in [0.25, 0.3) is 0 Å². The fraction of sp³-hybridized carbons (Fsp3) is 0.947. The highest BCUT2D eigenvalue weighted by atomic mass is 16.6. The monoisotopic (exact) mass is 305 g/mol. The Morgan fingerprint density at radius 1 is 1.14 bits per heavy atom. The maximum Gasteiger partial charge on any atom is 0.133 e. The lowest BCUT2D eigenvalue weighted by Gasteiger charge is -2.59. The molecule has 0 amide bonds. The third-order valence-corrected chi connectivity index (χ3v) is 8.40. The maximum absolute atomic E-state index is 11.9. The molecule has 0 bridgehead atoms. The van der Waals surface area contributed by atoms with Gasteiger partial charge in [-0.05, 0) is 79.4 Å². The molecule has 124 valence electrons. The van der Waals surface area contributed by atoms with E-state index in [1.54, 1.807) is 0 Å². The molecule has 3 nitrogen and oxygen atoms in total. The van der Waals surface area contributed by atoms with E-state index in [9.17, 15) is 4.79 Å². The Kier molecular flexibility index (Phi) is 3.47. The normalized spacial score (nSPS) is 54.5. The van der Waals surface area contributed by atoms with Crippen LogP contribution < -0.4 is 5.90 Å². The van der Waals surface area contributed by atoms with Crippen LogP contribution in [0.1, 0.15) is 71.6 Å². The summed E-state index contributed by atoms with van der Waals surface area (Å²) in [6, 6.07) is 0. The van der Waals surface area contributed by atoms with Gasteiger partial charge in [0.1, 0.15) is 5.78 Å². The van der Waals surface area contributed by atoms with Crippen LogP contribution in [-0.4, -0.2) is 11.9 Å². The number of Topliss-reactive ketones (excluding diaryl/α,β-unsaturated/α-hetero) is 1. The van der Waals surface area contributed by atoms with Crippen LogP contribution in [0.15, 0.2) is 0 Å². The minimum absolute atomic E-state index is 0.271. The predicted molar refractivity (Wildman–Crippen MR) is 85.8 cm³/mol. The van der Waals surface area contributed by atoms with Gasteiger partial charge in [-0.2, -0.15) is 0 Å². The fourth-order valence-electron chi connectivity index (χ4n) is 7.14. The first-order valence-electron chi connectivity index (χ1n) is 9.33. The minimum Gasteiger partial charge on any atom is -0.301 e. The van der Waals surface area contributed by atoms with Crippen LogP contribution in [0.4, 0.5) is 0 Å².